The van der Waals surface area contributed by atoms with E-state index in [9.17, 15) is 0 Å². The van der Waals surface area contributed by atoms with Crippen molar-refractivity contribution in [1.82, 2.24) is 15.5 Å². The summed E-state index contributed by atoms with van der Waals surface area (Å²) >= 11 is 7.75. The number of benzene rings is 1. The Morgan fingerprint density at radius 3 is 2.62 bits per heavy atom. The van der Waals surface area contributed by atoms with Crippen molar-refractivity contribution >= 4 is 22.9 Å². The molecule has 3 nitrogen and oxygen atoms in total. The quantitative estimate of drug-likeness (QED) is 0.824. The summed E-state index contributed by atoms with van der Waals surface area (Å²) in [6.45, 7) is 9.57. The molecule has 2 rings (SSSR count). The number of rotatable bonds is 5. The maximum atomic E-state index is 6.10. The van der Waals surface area contributed by atoms with Gasteiger partial charge in [0.15, 0.2) is 0 Å². The van der Waals surface area contributed by atoms with Crippen molar-refractivity contribution in [3.63, 3.8) is 0 Å². The Bertz CT molecular complexity index is 582. The first-order chi connectivity index (χ1) is 9.83. The fourth-order valence-corrected chi connectivity index (χ4v) is 3.19. The molecule has 0 atom stereocenters. The Balaban J connectivity index is 1.95. The van der Waals surface area contributed by atoms with E-state index in [-0.39, 0.29) is 5.54 Å². The molecule has 0 bridgehead atoms. The monoisotopic (exact) mass is 323 g/mol. The van der Waals surface area contributed by atoms with Crippen LogP contribution in [0.1, 0.15) is 37.8 Å². The second-order valence-corrected chi connectivity index (χ2v) is 7.80. The third kappa shape index (κ3) is 5.38. The summed E-state index contributed by atoms with van der Waals surface area (Å²) in [6.07, 6.45) is 2.03. The molecule has 1 N–H and O–H groups in total. The molecule has 0 aliphatic heterocycles. The Morgan fingerprint density at radius 2 is 1.95 bits per heavy atom. The van der Waals surface area contributed by atoms with Crippen molar-refractivity contribution in [2.75, 3.05) is 6.54 Å². The number of aromatic nitrogens is 2. The standard InChI is InChI=1S/C16H22ClN3S/c1-11-8-12(10-13(17)9-11)15-20-19-14(21-15)6-5-7-18-16(2,3)4/h8-10,18H,5-7H2,1-4H3. The molecule has 2 aromatic rings. The van der Waals surface area contributed by atoms with Crippen molar-refractivity contribution in [3.05, 3.63) is 33.8 Å². The molecule has 0 aliphatic rings. The van der Waals surface area contributed by atoms with Crippen LogP contribution in [0.2, 0.25) is 5.02 Å². The molecule has 0 amide bonds. The van der Waals surface area contributed by atoms with Crippen LogP contribution in [0.5, 0.6) is 0 Å². The van der Waals surface area contributed by atoms with Gasteiger partial charge in [0.25, 0.3) is 0 Å². The third-order valence-electron chi connectivity index (χ3n) is 2.98. The van der Waals surface area contributed by atoms with E-state index in [1.54, 1.807) is 11.3 Å². The van der Waals surface area contributed by atoms with Gasteiger partial charge in [-0.05, 0) is 64.4 Å². The minimum absolute atomic E-state index is 0.171. The van der Waals surface area contributed by atoms with E-state index < -0.39 is 0 Å². The fraction of sp³-hybridized carbons (Fsp3) is 0.500. The molecular formula is C16H22ClN3S. The first-order valence-corrected chi connectivity index (χ1v) is 8.38. The summed E-state index contributed by atoms with van der Waals surface area (Å²) in [4.78, 5) is 0. The molecule has 1 aromatic heterocycles. The van der Waals surface area contributed by atoms with Crippen LogP contribution in [0.15, 0.2) is 18.2 Å². The molecule has 0 radical (unpaired) electrons. The zero-order chi connectivity index (χ0) is 15.5. The lowest BCUT2D eigenvalue weighted by Crippen LogP contribution is -2.36. The SMILES string of the molecule is Cc1cc(Cl)cc(-c2nnc(CCCNC(C)(C)C)s2)c1. The van der Waals surface area contributed by atoms with Crippen LogP contribution >= 0.6 is 22.9 Å². The second-order valence-electron chi connectivity index (χ2n) is 6.30. The summed E-state index contributed by atoms with van der Waals surface area (Å²) < 4.78 is 0. The lowest BCUT2D eigenvalue weighted by atomic mass is 10.1. The highest BCUT2D eigenvalue weighted by Gasteiger charge is 2.10. The highest BCUT2D eigenvalue weighted by atomic mass is 35.5. The Kier molecular flexibility index (Phi) is 5.36. The van der Waals surface area contributed by atoms with Gasteiger partial charge in [-0.2, -0.15) is 0 Å². The molecule has 0 saturated carbocycles. The van der Waals surface area contributed by atoms with Gasteiger partial charge < -0.3 is 5.32 Å². The first-order valence-electron chi connectivity index (χ1n) is 7.18. The molecule has 1 aromatic carbocycles. The molecule has 0 fully saturated rings. The molecule has 21 heavy (non-hydrogen) atoms. The van der Waals surface area contributed by atoms with E-state index in [0.717, 1.165) is 45.6 Å². The normalized spacial score (nSPS) is 11.9. The van der Waals surface area contributed by atoms with Gasteiger partial charge in [-0.25, -0.2) is 0 Å². The number of aryl methyl sites for hydroxylation is 2. The largest absolute Gasteiger partial charge is 0.312 e. The van der Waals surface area contributed by atoms with E-state index in [2.05, 4.69) is 42.4 Å². The van der Waals surface area contributed by atoms with E-state index in [0.29, 0.717) is 0 Å². The van der Waals surface area contributed by atoms with Gasteiger partial charge in [0.05, 0.1) is 0 Å². The number of hydrogen-bond donors (Lipinski definition) is 1. The Morgan fingerprint density at radius 1 is 1.19 bits per heavy atom. The van der Waals surface area contributed by atoms with Crippen molar-refractivity contribution in [2.24, 2.45) is 0 Å². The van der Waals surface area contributed by atoms with Crippen molar-refractivity contribution in [1.29, 1.82) is 0 Å². The number of hydrogen-bond acceptors (Lipinski definition) is 4. The highest BCUT2D eigenvalue weighted by Crippen LogP contribution is 2.27. The average molecular weight is 324 g/mol. The van der Waals surface area contributed by atoms with Gasteiger partial charge in [0, 0.05) is 22.5 Å². The van der Waals surface area contributed by atoms with Crippen LogP contribution in [0.4, 0.5) is 0 Å². The number of halogens is 1. The molecule has 1 heterocycles. The molecule has 5 heteroatoms. The van der Waals surface area contributed by atoms with Gasteiger partial charge in [0.2, 0.25) is 0 Å². The molecule has 0 aliphatic carbocycles. The number of nitrogens with one attached hydrogen (secondary N) is 1. The first kappa shape index (κ1) is 16.4. The Labute approximate surface area is 135 Å². The summed E-state index contributed by atoms with van der Waals surface area (Å²) in [5.74, 6) is 0. The predicted octanol–water partition coefficient (Wildman–Crippen LogP) is 4.49. The van der Waals surface area contributed by atoms with Gasteiger partial charge >= 0.3 is 0 Å². The molecule has 0 spiro atoms. The minimum Gasteiger partial charge on any atom is -0.312 e. The Hall–Kier alpha value is -0.970. The highest BCUT2D eigenvalue weighted by molar-refractivity contribution is 7.14. The van der Waals surface area contributed by atoms with E-state index in [1.807, 2.05) is 19.1 Å². The minimum atomic E-state index is 0.171. The third-order valence-corrected chi connectivity index (χ3v) is 4.23. The average Bonchev–Trinajstić information content (AvgIpc) is 2.81. The second kappa shape index (κ2) is 6.86. The predicted molar refractivity (Wildman–Crippen MR) is 91.2 cm³/mol. The van der Waals surface area contributed by atoms with Crippen LogP contribution in [-0.4, -0.2) is 22.3 Å². The van der Waals surface area contributed by atoms with Crippen LogP contribution in [0.3, 0.4) is 0 Å². The molecule has 0 unspecified atom stereocenters. The summed E-state index contributed by atoms with van der Waals surface area (Å²) in [6, 6.07) is 5.99. The van der Waals surface area contributed by atoms with Crippen molar-refractivity contribution in [2.45, 2.75) is 46.1 Å². The maximum absolute atomic E-state index is 6.10. The lowest BCUT2D eigenvalue weighted by molar-refractivity contribution is 0.422. The zero-order valence-corrected chi connectivity index (χ0v) is 14.6. The number of nitrogens with zero attached hydrogens (tertiary/aromatic N) is 2. The van der Waals surface area contributed by atoms with E-state index in [1.165, 1.54) is 0 Å². The van der Waals surface area contributed by atoms with Gasteiger partial charge in [-0.3, -0.25) is 0 Å². The van der Waals surface area contributed by atoms with Gasteiger partial charge in [-0.15, -0.1) is 10.2 Å². The van der Waals surface area contributed by atoms with Crippen LogP contribution < -0.4 is 5.32 Å². The van der Waals surface area contributed by atoms with E-state index >= 15 is 0 Å². The molecule has 114 valence electrons. The maximum Gasteiger partial charge on any atom is 0.147 e. The van der Waals surface area contributed by atoms with Gasteiger partial charge in [0.1, 0.15) is 10.0 Å². The smallest absolute Gasteiger partial charge is 0.147 e. The van der Waals surface area contributed by atoms with Crippen molar-refractivity contribution in [3.8, 4) is 10.6 Å². The summed E-state index contributed by atoms with van der Waals surface area (Å²) in [7, 11) is 0. The fourth-order valence-electron chi connectivity index (χ4n) is 2.03. The zero-order valence-electron chi connectivity index (χ0n) is 13.0. The molecular weight excluding hydrogens is 302 g/mol. The molecule has 0 saturated heterocycles. The summed E-state index contributed by atoms with van der Waals surface area (Å²) in [5, 5.41) is 14.8. The van der Waals surface area contributed by atoms with Crippen LogP contribution in [0, 0.1) is 6.92 Å². The van der Waals surface area contributed by atoms with Crippen LogP contribution in [-0.2, 0) is 6.42 Å². The van der Waals surface area contributed by atoms with Crippen molar-refractivity contribution < 1.29 is 0 Å². The topological polar surface area (TPSA) is 37.8 Å². The van der Waals surface area contributed by atoms with Gasteiger partial charge in [-0.1, -0.05) is 22.9 Å². The van der Waals surface area contributed by atoms with Crippen LogP contribution in [0.25, 0.3) is 10.6 Å². The lowest BCUT2D eigenvalue weighted by Gasteiger charge is -2.20. The summed E-state index contributed by atoms with van der Waals surface area (Å²) in [5.41, 5.74) is 2.37. The van der Waals surface area contributed by atoms with E-state index in [4.69, 9.17) is 11.6 Å².